The van der Waals surface area contributed by atoms with Gasteiger partial charge in [-0.05, 0) is 18.8 Å². The monoisotopic (exact) mass is 502 g/mol. The van der Waals surface area contributed by atoms with Crippen molar-refractivity contribution in [1.82, 2.24) is 16.0 Å². The SMILES string of the molecule is CCC(C)C(N)C(=O)NC(CCC(=O)O)C(=O)NC(CC(N)=O)C(=O)NC(CCC(N)=O)C(=O)O. The van der Waals surface area contributed by atoms with Crippen LogP contribution in [0.25, 0.3) is 0 Å². The van der Waals surface area contributed by atoms with Crippen LogP contribution in [-0.2, 0) is 33.6 Å². The smallest absolute Gasteiger partial charge is 0.326 e. The molecule has 0 aromatic rings. The predicted molar refractivity (Wildman–Crippen MR) is 120 cm³/mol. The molecular formula is C20H34N6O9. The van der Waals surface area contributed by atoms with E-state index >= 15 is 0 Å². The number of amides is 5. The molecule has 0 aromatic carbocycles. The van der Waals surface area contributed by atoms with Gasteiger partial charge in [0.15, 0.2) is 0 Å². The first-order valence-corrected chi connectivity index (χ1v) is 10.9. The second-order valence-corrected chi connectivity index (χ2v) is 8.04. The number of carboxylic acid groups (broad SMARTS) is 2. The second-order valence-electron chi connectivity index (χ2n) is 8.04. The van der Waals surface area contributed by atoms with Crippen molar-refractivity contribution in [1.29, 1.82) is 0 Å². The summed E-state index contributed by atoms with van der Waals surface area (Å²) in [5.41, 5.74) is 16.0. The van der Waals surface area contributed by atoms with Gasteiger partial charge in [-0.2, -0.15) is 0 Å². The highest BCUT2D eigenvalue weighted by atomic mass is 16.4. The van der Waals surface area contributed by atoms with E-state index in [0.717, 1.165) is 0 Å². The minimum absolute atomic E-state index is 0.250. The molecule has 0 heterocycles. The van der Waals surface area contributed by atoms with Crippen LogP contribution < -0.4 is 33.2 Å². The summed E-state index contributed by atoms with van der Waals surface area (Å²) in [6.45, 7) is 3.51. The number of rotatable bonds is 17. The summed E-state index contributed by atoms with van der Waals surface area (Å²) in [6.07, 6.45) is -1.75. The highest BCUT2D eigenvalue weighted by Crippen LogP contribution is 2.08. The Balaban J connectivity index is 5.63. The lowest BCUT2D eigenvalue weighted by atomic mass is 9.98. The molecule has 0 aliphatic heterocycles. The number of nitrogens with two attached hydrogens (primary N) is 3. The van der Waals surface area contributed by atoms with Crippen LogP contribution in [0.5, 0.6) is 0 Å². The number of carbonyl (C=O) groups is 7. The van der Waals surface area contributed by atoms with Crippen LogP contribution >= 0.6 is 0 Å². The van der Waals surface area contributed by atoms with E-state index < -0.39 is 78.5 Å². The normalized spacial score (nSPS) is 14.9. The van der Waals surface area contributed by atoms with Gasteiger partial charge in [-0.1, -0.05) is 20.3 Å². The summed E-state index contributed by atoms with van der Waals surface area (Å²) in [7, 11) is 0. The van der Waals surface area contributed by atoms with E-state index in [1.807, 2.05) is 0 Å². The van der Waals surface area contributed by atoms with E-state index in [-0.39, 0.29) is 25.2 Å². The number of primary amides is 2. The fourth-order valence-corrected chi connectivity index (χ4v) is 2.82. The van der Waals surface area contributed by atoms with Crippen molar-refractivity contribution in [3.63, 3.8) is 0 Å². The van der Waals surface area contributed by atoms with Crippen molar-refractivity contribution in [3.05, 3.63) is 0 Å². The van der Waals surface area contributed by atoms with Crippen LogP contribution in [0.1, 0.15) is 52.4 Å². The molecule has 5 atom stereocenters. The van der Waals surface area contributed by atoms with E-state index in [9.17, 15) is 38.7 Å². The van der Waals surface area contributed by atoms with Gasteiger partial charge >= 0.3 is 11.9 Å². The molecule has 0 saturated heterocycles. The van der Waals surface area contributed by atoms with Gasteiger partial charge in [-0.25, -0.2) is 4.79 Å². The van der Waals surface area contributed by atoms with Gasteiger partial charge in [0.1, 0.15) is 18.1 Å². The zero-order chi connectivity index (χ0) is 27.3. The number of hydrogen-bond acceptors (Lipinski definition) is 8. The van der Waals surface area contributed by atoms with E-state index in [1.165, 1.54) is 0 Å². The molecule has 5 unspecified atom stereocenters. The summed E-state index contributed by atoms with van der Waals surface area (Å²) in [5.74, 6) is -7.66. The Morgan fingerprint density at radius 3 is 1.69 bits per heavy atom. The van der Waals surface area contributed by atoms with Crippen LogP contribution in [-0.4, -0.2) is 75.9 Å². The molecule has 0 saturated carbocycles. The molecule has 0 fully saturated rings. The molecule has 198 valence electrons. The average molecular weight is 503 g/mol. The summed E-state index contributed by atoms with van der Waals surface area (Å²) in [6, 6.07) is -5.63. The van der Waals surface area contributed by atoms with Gasteiger partial charge in [0, 0.05) is 12.8 Å². The quantitative estimate of drug-likeness (QED) is 0.0991. The number of carbonyl (C=O) groups excluding carboxylic acids is 5. The molecule has 0 rings (SSSR count). The molecule has 11 N–H and O–H groups in total. The molecule has 5 amide bonds. The molecule has 15 heteroatoms. The summed E-state index contributed by atoms with van der Waals surface area (Å²) in [4.78, 5) is 82.6. The lowest BCUT2D eigenvalue weighted by Crippen LogP contribution is -2.58. The van der Waals surface area contributed by atoms with Gasteiger partial charge in [0.25, 0.3) is 0 Å². The minimum Gasteiger partial charge on any atom is -0.481 e. The Hall–Kier alpha value is -3.75. The molecule has 0 aromatic heterocycles. The zero-order valence-corrected chi connectivity index (χ0v) is 19.6. The lowest BCUT2D eigenvalue weighted by Gasteiger charge is -2.25. The van der Waals surface area contributed by atoms with E-state index in [2.05, 4.69) is 16.0 Å². The van der Waals surface area contributed by atoms with Crippen molar-refractivity contribution >= 4 is 41.5 Å². The third kappa shape index (κ3) is 12.3. The number of hydrogen-bond donors (Lipinski definition) is 8. The van der Waals surface area contributed by atoms with Gasteiger partial charge in [-0.15, -0.1) is 0 Å². The second kappa shape index (κ2) is 15.2. The Bertz CT molecular complexity index is 819. The van der Waals surface area contributed by atoms with Crippen molar-refractivity contribution in [2.24, 2.45) is 23.1 Å². The van der Waals surface area contributed by atoms with Gasteiger partial charge < -0.3 is 43.4 Å². The average Bonchev–Trinajstić information content (AvgIpc) is 2.76. The van der Waals surface area contributed by atoms with Crippen molar-refractivity contribution in [3.8, 4) is 0 Å². The Morgan fingerprint density at radius 1 is 0.743 bits per heavy atom. The molecule has 0 spiro atoms. The van der Waals surface area contributed by atoms with E-state index in [0.29, 0.717) is 6.42 Å². The highest BCUT2D eigenvalue weighted by molar-refractivity contribution is 5.96. The molecule has 35 heavy (non-hydrogen) atoms. The topological polar surface area (TPSA) is 274 Å². The van der Waals surface area contributed by atoms with Gasteiger partial charge in [0.05, 0.1) is 12.5 Å². The summed E-state index contributed by atoms with van der Waals surface area (Å²) >= 11 is 0. The fourth-order valence-electron chi connectivity index (χ4n) is 2.82. The van der Waals surface area contributed by atoms with Crippen LogP contribution in [0.15, 0.2) is 0 Å². The minimum atomic E-state index is -1.65. The number of aliphatic carboxylic acids is 2. The first-order chi connectivity index (χ1) is 16.2. The summed E-state index contributed by atoms with van der Waals surface area (Å²) < 4.78 is 0. The van der Waals surface area contributed by atoms with Gasteiger partial charge in [0.2, 0.25) is 29.5 Å². The van der Waals surface area contributed by atoms with Crippen LogP contribution in [0.2, 0.25) is 0 Å². The number of nitrogens with one attached hydrogen (secondary N) is 3. The largest absolute Gasteiger partial charge is 0.481 e. The Kier molecular flexibility index (Phi) is 13.6. The first-order valence-electron chi connectivity index (χ1n) is 10.9. The lowest BCUT2D eigenvalue weighted by molar-refractivity contribution is -0.142. The van der Waals surface area contributed by atoms with Crippen molar-refractivity contribution in [2.75, 3.05) is 0 Å². The molecule has 0 bridgehead atoms. The molecular weight excluding hydrogens is 468 g/mol. The van der Waals surface area contributed by atoms with Crippen LogP contribution in [0, 0.1) is 5.92 Å². The summed E-state index contributed by atoms with van der Waals surface area (Å²) in [5, 5.41) is 24.8. The predicted octanol–water partition coefficient (Wildman–Crippen LogP) is -3.10. The molecule has 0 radical (unpaired) electrons. The van der Waals surface area contributed by atoms with E-state index in [4.69, 9.17) is 22.3 Å². The Morgan fingerprint density at radius 2 is 1.23 bits per heavy atom. The third-order valence-electron chi connectivity index (χ3n) is 5.17. The standard InChI is InChI=1S/C20H34N6O9/c1-3-9(2)16(23)19(33)24-10(5-7-15(29)30)17(31)26-12(8-14(22)28)18(32)25-11(20(34)35)4-6-13(21)27/h9-12,16H,3-8,23H2,1-2H3,(H2,21,27)(H2,22,28)(H,24,33)(H,25,32)(H,26,31)(H,29,30)(H,34,35). The maximum Gasteiger partial charge on any atom is 0.326 e. The van der Waals surface area contributed by atoms with E-state index in [1.54, 1.807) is 13.8 Å². The van der Waals surface area contributed by atoms with Crippen molar-refractivity contribution in [2.45, 2.75) is 76.5 Å². The van der Waals surface area contributed by atoms with Crippen LogP contribution in [0.4, 0.5) is 0 Å². The fraction of sp³-hybridized carbons (Fsp3) is 0.650. The Labute approximate surface area is 201 Å². The third-order valence-corrected chi connectivity index (χ3v) is 5.17. The first kappa shape index (κ1) is 31.2. The maximum absolute atomic E-state index is 12.8. The van der Waals surface area contributed by atoms with Crippen molar-refractivity contribution < 1.29 is 43.8 Å². The van der Waals surface area contributed by atoms with Gasteiger partial charge in [-0.3, -0.25) is 28.8 Å². The molecule has 0 aliphatic carbocycles. The number of carboxylic acids is 2. The highest BCUT2D eigenvalue weighted by Gasteiger charge is 2.32. The molecule has 15 nitrogen and oxygen atoms in total. The zero-order valence-electron chi connectivity index (χ0n) is 19.6. The maximum atomic E-state index is 12.8. The van der Waals surface area contributed by atoms with Crippen LogP contribution in [0.3, 0.4) is 0 Å². The molecule has 0 aliphatic rings.